The van der Waals surface area contributed by atoms with Crippen LogP contribution in [0.2, 0.25) is 0 Å². The van der Waals surface area contributed by atoms with Crippen molar-refractivity contribution < 1.29 is 27.5 Å². The molecule has 178 valence electrons. The lowest BCUT2D eigenvalue weighted by atomic mass is 10.0. The summed E-state index contributed by atoms with van der Waals surface area (Å²) in [5.74, 6) is -1.41. The molecule has 0 saturated heterocycles. The molecule has 1 atom stereocenters. The second-order valence-electron chi connectivity index (χ2n) is 8.27. The van der Waals surface area contributed by atoms with E-state index in [1.54, 1.807) is 36.4 Å². The van der Waals surface area contributed by atoms with Gasteiger partial charge in [-0.15, -0.1) is 0 Å². The van der Waals surface area contributed by atoms with Crippen molar-refractivity contribution in [2.45, 2.75) is 25.2 Å². The van der Waals surface area contributed by atoms with Crippen LogP contribution in [0.15, 0.2) is 72.9 Å². The number of nitrogens with zero attached hydrogens (tertiary/aromatic N) is 2. The number of nitriles is 1. The maximum Gasteiger partial charge on any atom is 0.417 e. The molecule has 0 spiro atoms. The molecule has 1 amide bonds. The lowest BCUT2D eigenvalue weighted by Crippen LogP contribution is -2.43. The molecule has 0 aliphatic rings. The van der Waals surface area contributed by atoms with Gasteiger partial charge in [0.15, 0.2) is 5.60 Å². The van der Waals surface area contributed by atoms with E-state index in [0.717, 1.165) is 12.1 Å². The van der Waals surface area contributed by atoms with Crippen LogP contribution in [0.5, 0.6) is 0 Å². The second kappa shape index (κ2) is 8.89. The van der Waals surface area contributed by atoms with Gasteiger partial charge in [0.1, 0.15) is 5.82 Å². The zero-order valence-corrected chi connectivity index (χ0v) is 18.4. The zero-order valence-electron chi connectivity index (χ0n) is 18.4. The average Bonchev–Trinajstić information content (AvgIpc) is 3.22. The Bertz CT molecular complexity index is 1450. The minimum atomic E-state index is -4.79. The number of hydrogen-bond acceptors (Lipinski definition) is 3. The molecule has 5 nitrogen and oxygen atoms in total. The Morgan fingerprint density at radius 2 is 1.80 bits per heavy atom. The van der Waals surface area contributed by atoms with Crippen LogP contribution in [0.1, 0.15) is 18.1 Å². The number of carbonyl (C=O) groups excluding carboxylic acids is 1. The first-order valence-electron chi connectivity index (χ1n) is 10.5. The van der Waals surface area contributed by atoms with Gasteiger partial charge in [-0.1, -0.05) is 30.3 Å². The maximum absolute atomic E-state index is 15.2. The minimum absolute atomic E-state index is 0.225. The van der Waals surface area contributed by atoms with Gasteiger partial charge in [-0.2, -0.15) is 18.4 Å². The van der Waals surface area contributed by atoms with Crippen molar-refractivity contribution in [3.63, 3.8) is 0 Å². The van der Waals surface area contributed by atoms with E-state index in [0.29, 0.717) is 28.1 Å². The summed E-state index contributed by atoms with van der Waals surface area (Å²) in [6, 6.07) is 18.0. The van der Waals surface area contributed by atoms with E-state index in [1.165, 1.54) is 29.8 Å². The fourth-order valence-electron chi connectivity index (χ4n) is 3.84. The van der Waals surface area contributed by atoms with E-state index in [9.17, 15) is 23.1 Å². The van der Waals surface area contributed by atoms with E-state index in [-0.39, 0.29) is 12.2 Å². The molecule has 1 aromatic heterocycles. The molecule has 0 saturated carbocycles. The standard InChI is InChI=1S/C26H19F4N3O2/c1-25(35,24(34)32-18-8-7-17(14-31)21(13-18)26(28,29)30)15-33-12-11-20-22(33)10-9-19(23(20)27)16-5-3-2-4-6-16/h2-13,35H,15H2,1H3,(H,32,34)/t25-/m1/s1. The van der Waals surface area contributed by atoms with Gasteiger partial charge in [0.25, 0.3) is 5.91 Å². The summed E-state index contributed by atoms with van der Waals surface area (Å²) in [6.07, 6.45) is -3.27. The number of aromatic nitrogens is 1. The molecule has 4 rings (SSSR count). The summed E-state index contributed by atoms with van der Waals surface area (Å²) in [5.41, 5.74) is -2.51. The Kier molecular flexibility index (Phi) is 6.09. The first kappa shape index (κ1) is 24.0. The molecule has 0 aliphatic heterocycles. The third kappa shape index (κ3) is 4.74. The van der Waals surface area contributed by atoms with Crippen LogP contribution in [0.25, 0.3) is 22.0 Å². The molecule has 9 heteroatoms. The minimum Gasteiger partial charge on any atom is -0.378 e. The average molecular weight is 481 g/mol. The molecule has 0 aliphatic carbocycles. The predicted octanol–water partition coefficient (Wildman–Crippen LogP) is 5.73. The van der Waals surface area contributed by atoms with Crippen LogP contribution >= 0.6 is 0 Å². The summed E-state index contributed by atoms with van der Waals surface area (Å²) in [4.78, 5) is 12.7. The highest BCUT2D eigenvalue weighted by molar-refractivity contribution is 5.97. The number of benzene rings is 3. The van der Waals surface area contributed by atoms with E-state index in [4.69, 9.17) is 5.26 Å². The molecule has 3 aromatic carbocycles. The van der Waals surface area contributed by atoms with Gasteiger partial charge in [0, 0.05) is 22.8 Å². The number of hydrogen-bond donors (Lipinski definition) is 2. The van der Waals surface area contributed by atoms with Gasteiger partial charge in [0.05, 0.1) is 29.3 Å². The molecule has 1 heterocycles. The van der Waals surface area contributed by atoms with Crippen LogP contribution in [0.4, 0.5) is 23.2 Å². The van der Waals surface area contributed by atoms with Gasteiger partial charge in [-0.25, -0.2) is 4.39 Å². The fraction of sp³-hybridized carbons (Fsp3) is 0.154. The first-order valence-corrected chi connectivity index (χ1v) is 10.5. The third-order valence-corrected chi connectivity index (χ3v) is 5.64. The topological polar surface area (TPSA) is 78.1 Å². The van der Waals surface area contributed by atoms with Crippen molar-refractivity contribution in [2.24, 2.45) is 0 Å². The molecular weight excluding hydrogens is 462 g/mol. The van der Waals surface area contributed by atoms with Gasteiger partial charge < -0.3 is 15.0 Å². The highest BCUT2D eigenvalue weighted by Crippen LogP contribution is 2.34. The van der Waals surface area contributed by atoms with Crippen LogP contribution < -0.4 is 5.32 Å². The molecule has 2 N–H and O–H groups in total. The molecule has 0 radical (unpaired) electrons. The number of amides is 1. The summed E-state index contributed by atoms with van der Waals surface area (Å²) in [6.45, 7) is 0.923. The van der Waals surface area contributed by atoms with E-state index < -0.39 is 34.6 Å². The predicted molar refractivity (Wildman–Crippen MR) is 123 cm³/mol. The molecule has 35 heavy (non-hydrogen) atoms. The summed E-state index contributed by atoms with van der Waals surface area (Å²) < 4.78 is 56.3. The van der Waals surface area contributed by atoms with Gasteiger partial charge in [0.2, 0.25) is 0 Å². The second-order valence-corrected chi connectivity index (χ2v) is 8.27. The Labute approximate surface area is 197 Å². The van der Waals surface area contributed by atoms with Gasteiger partial charge in [-0.3, -0.25) is 4.79 Å². The number of nitrogens with one attached hydrogen (secondary N) is 1. The van der Waals surface area contributed by atoms with Crippen LogP contribution in [0, 0.1) is 17.1 Å². The largest absolute Gasteiger partial charge is 0.417 e. The molecule has 0 bridgehead atoms. The summed E-state index contributed by atoms with van der Waals surface area (Å²) in [5, 5.41) is 22.3. The highest BCUT2D eigenvalue weighted by Gasteiger charge is 2.35. The Balaban J connectivity index is 1.58. The van der Waals surface area contributed by atoms with Crippen molar-refractivity contribution >= 4 is 22.5 Å². The number of aliphatic hydroxyl groups is 1. The van der Waals surface area contributed by atoms with Crippen molar-refractivity contribution in [1.29, 1.82) is 5.26 Å². The monoisotopic (exact) mass is 481 g/mol. The molecule has 4 aromatic rings. The smallest absolute Gasteiger partial charge is 0.378 e. The number of halogens is 4. The maximum atomic E-state index is 15.2. The fourth-order valence-corrected chi connectivity index (χ4v) is 3.84. The number of fused-ring (bicyclic) bond motifs is 1. The lowest BCUT2D eigenvalue weighted by molar-refractivity contribution is -0.138. The quantitative estimate of drug-likeness (QED) is 0.358. The number of rotatable bonds is 5. The SMILES string of the molecule is C[C@@](O)(Cn1ccc2c(F)c(-c3ccccc3)ccc21)C(=O)Nc1ccc(C#N)c(C(F)(F)F)c1. The van der Waals surface area contributed by atoms with Crippen molar-refractivity contribution in [3.8, 4) is 17.2 Å². The zero-order chi connectivity index (χ0) is 25.4. The van der Waals surface area contributed by atoms with Crippen molar-refractivity contribution in [2.75, 3.05) is 5.32 Å². The Hall–Kier alpha value is -4.16. The van der Waals surface area contributed by atoms with Crippen LogP contribution in [-0.2, 0) is 17.5 Å². The van der Waals surface area contributed by atoms with E-state index in [2.05, 4.69) is 5.32 Å². The van der Waals surface area contributed by atoms with Crippen LogP contribution in [0.3, 0.4) is 0 Å². The first-order chi connectivity index (χ1) is 16.5. The number of alkyl halides is 3. The third-order valence-electron chi connectivity index (χ3n) is 5.64. The Morgan fingerprint density at radius 1 is 1.09 bits per heavy atom. The van der Waals surface area contributed by atoms with Crippen LogP contribution in [-0.4, -0.2) is 21.2 Å². The number of carbonyl (C=O) groups is 1. The molecule has 0 unspecified atom stereocenters. The van der Waals surface area contributed by atoms with Crippen molar-refractivity contribution in [1.82, 2.24) is 4.57 Å². The lowest BCUT2D eigenvalue weighted by Gasteiger charge is -2.24. The molecular formula is C26H19F4N3O2. The molecule has 0 fully saturated rings. The van der Waals surface area contributed by atoms with Crippen molar-refractivity contribution in [3.05, 3.63) is 89.9 Å². The summed E-state index contributed by atoms with van der Waals surface area (Å²) >= 11 is 0. The number of anilines is 1. The normalized spacial score (nSPS) is 13.3. The van der Waals surface area contributed by atoms with Gasteiger partial charge >= 0.3 is 6.18 Å². The van der Waals surface area contributed by atoms with E-state index >= 15 is 4.39 Å². The highest BCUT2D eigenvalue weighted by atomic mass is 19.4. The summed E-state index contributed by atoms with van der Waals surface area (Å²) in [7, 11) is 0. The van der Waals surface area contributed by atoms with E-state index in [1.807, 2.05) is 6.07 Å². The van der Waals surface area contributed by atoms with Gasteiger partial charge in [-0.05, 0) is 48.9 Å². The Morgan fingerprint density at radius 3 is 2.46 bits per heavy atom.